The van der Waals surface area contributed by atoms with Crippen LogP contribution in [0, 0.1) is 0 Å². The van der Waals surface area contributed by atoms with Crippen LogP contribution in [0.4, 0.5) is 5.95 Å². The summed E-state index contributed by atoms with van der Waals surface area (Å²) in [5.41, 5.74) is 6.05. The molecule has 0 atom stereocenters. The number of aryl methyl sites for hydroxylation is 2. The van der Waals surface area contributed by atoms with Gasteiger partial charge in [-0.3, -0.25) is 5.43 Å². The van der Waals surface area contributed by atoms with Crippen LogP contribution in [0.5, 0.6) is 0 Å². The number of fused-ring (bicyclic) bond motifs is 1. The molecule has 4 nitrogen and oxygen atoms in total. The number of nitrogens with one attached hydrogen (secondary N) is 1. The molecule has 4 heteroatoms. The van der Waals surface area contributed by atoms with E-state index >= 15 is 0 Å². The van der Waals surface area contributed by atoms with E-state index in [-0.39, 0.29) is 0 Å². The molecule has 0 aliphatic carbocycles. The lowest BCUT2D eigenvalue weighted by Crippen LogP contribution is -2.14. The van der Waals surface area contributed by atoms with E-state index in [1.807, 2.05) is 24.3 Å². The fourth-order valence-corrected chi connectivity index (χ4v) is 2.30. The number of hydrazine groups is 1. The summed E-state index contributed by atoms with van der Waals surface area (Å²) in [6.45, 7) is 0.851. The normalized spacial score (nSPS) is 10.8. The first-order valence-corrected chi connectivity index (χ1v) is 6.34. The second-order valence-electron chi connectivity index (χ2n) is 4.46. The highest BCUT2D eigenvalue weighted by molar-refractivity contribution is 5.78. The van der Waals surface area contributed by atoms with Crippen molar-refractivity contribution in [3.8, 4) is 0 Å². The van der Waals surface area contributed by atoms with Crippen molar-refractivity contribution in [2.75, 3.05) is 5.43 Å². The molecular weight excluding hydrogens is 236 g/mol. The molecular formula is C15H16N4. The number of anilines is 1. The van der Waals surface area contributed by atoms with Gasteiger partial charge in [-0.1, -0.05) is 42.5 Å². The molecule has 0 saturated carbocycles. The highest BCUT2D eigenvalue weighted by Gasteiger charge is 2.08. The van der Waals surface area contributed by atoms with Crippen LogP contribution in [0.2, 0.25) is 0 Å². The summed E-state index contributed by atoms with van der Waals surface area (Å²) in [4.78, 5) is 4.47. The van der Waals surface area contributed by atoms with Gasteiger partial charge in [0.25, 0.3) is 0 Å². The van der Waals surface area contributed by atoms with E-state index in [1.54, 1.807) is 0 Å². The Balaban J connectivity index is 1.91. The quantitative estimate of drug-likeness (QED) is 0.554. The van der Waals surface area contributed by atoms with E-state index < -0.39 is 0 Å². The lowest BCUT2D eigenvalue weighted by atomic mass is 10.1. The van der Waals surface area contributed by atoms with Crippen LogP contribution in [0.25, 0.3) is 11.0 Å². The Morgan fingerprint density at radius 2 is 1.74 bits per heavy atom. The molecule has 0 unspecified atom stereocenters. The Bertz CT molecular complexity index is 673. The second kappa shape index (κ2) is 5.12. The molecule has 3 N–H and O–H groups in total. The van der Waals surface area contributed by atoms with Gasteiger partial charge in [-0.25, -0.2) is 10.8 Å². The molecule has 0 fully saturated rings. The van der Waals surface area contributed by atoms with Gasteiger partial charge in [0.1, 0.15) is 0 Å². The van der Waals surface area contributed by atoms with Crippen LogP contribution < -0.4 is 11.3 Å². The summed E-state index contributed by atoms with van der Waals surface area (Å²) in [6.07, 6.45) is 0.954. The number of benzene rings is 2. The maximum Gasteiger partial charge on any atom is 0.218 e. The highest BCUT2D eigenvalue weighted by Crippen LogP contribution is 2.19. The molecule has 2 aromatic carbocycles. The van der Waals surface area contributed by atoms with Gasteiger partial charge in [-0.2, -0.15) is 0 Å². The maximum atomic E-state index is 5.55. The fourth-order valence-electron chi connectivity index (χ4n) is 2.30. The first kappa shape index (κ1) is 11.7. The molecule has 0 amide bonds. The molecule has 0 saturated heterocycles. The molecule has 3 rings (SSSR count). The highest BCUT2D eigenvalue weighted by atomic mass is 15.3. The number of hydrogen-bond donors (Lipinski definition) is 2. The lowest BCUT2D eigenvalue weighted by molar-refractivity contribution is 0.720. The van der Waals surface area contributed by atoms with Gasteiger partial charge in [0.15, 0.2) is 0 Å². The number of nitrogen functional groups attached to an aromatic ring is 1. The number of hydrogen-bond acceptors (Lipinski definition) is 3. The summed E-state index contributed by atoms with van der Waals surface area (Å²) in [5, 5.41) is 0. The monoisotopic (exact) mass is 252 g/mol. The van der Waals surface area contributed by atoms with E-state index in [0.717, 1.165) is 24.0 Å². The Hall–Kier alpha value is -2.33. The Morgan fingerprint density at radius 1 is 1.00 bits per heavy atom. The third-order valence-corrected chi connectivity index (χ3v) is 3.25. The Labute approximate surface area is 111 Å². The summed E-state index contributed by atoms with van der Waals surface area (Å²) in [7, 11) is 0. The molecule has 0 aliphatic rings. The topological polar surface area (TPSA) is 55.9 Å². The van der Waals surface area contributed by atoms with Crippen LogP contribution in [-0.2, 0) is 13.0 Å². The smallest absolute Gasteiger partial charge is 0.218 e. The molecule has 0 aliphatic heterocycles. The van der Waals surface area contributed by atoms with E-state index in [9.17, 15) is 0 Å². The third kappa shape index (κ3) is 2.30. The van der Waals surface area contributed by atoms with Crippen LogP contribution in [-0.4, -0.2) is 9.55 Å². The predicted octanol–water partition coefficient (Wildman–Crippen LogP) is 2.56. The average Bonchev–Trinajstić information content (AvgIpc) is 2.84. The van der Waals surface area contributed by atoms with E-state index in [4.69, 9.17) is 5.84 Å². The van der Waals surface area contributed by atoms with Gasteiger partial charge in [-0.05, 0) is 24.1 Å². The van der Waals surface area contributed by atoms with Crippen molar-refractivity contribution in [3.63, 3.8) is 0 Å². The largest absolute Gasteiger partial charge is 0.309 e. The number of para-hydroxylation sites is 2. The van der Waals surface area contributed by atoms with Crippen LogP contribution >= 0.6 is 0 Å². The van der Waals surface area contributed by atoms with E-state index in [2.05, 4.69) is 45.3 Å². The zero-order valence-corrected chi connectivity index (χ0v) is 10.6. The van der Waals surface area contributed by atoms with E-state index in [1.165, 1.54) is 5.56 Å². The van der Waals surface area contributed by atoms with Gasteiger partial charge in [0.2, 0.25) is 5.95 Å². The molecule has 3 aromatic rings. The van der Waals surface area contributed by atoms with Gasteiger partial charge in [0, 0.05) is 6.54 Å². The van der Waals surface area contributed by atoms with Crippen molar-refractivity contribution in [3.05, 3.63) is 60.2 Å². The third-order valence-electron chi connectivity index (χ3n) is 3.25. The predicted molar refractivity (Wildman–Crippen MR) is 77.7 cm³/mol. The van der Waals surface area contributed by atoms with Gasteiger partial charge in [0.05, 0.1) is 11.0 Å². The van der Waals surface area contributed by atoms with Gasteiger partial charge >= 0.3 is 0 Å². The van der Waals surface area contributed by atoms with Gasteiger partial charge < -0.3 is 4.57 Å². The second-order valence-corrected chi connectivity index (χ2v) is 4.46. The zero-order chi connectivity index (χ0) is 13.1. The van der Waals surface area contributed by atoms with Crippen molar-refractivity contribution in [1.82, 2.24) is 9.55 Å². The van der Waals surface area contributed by atoms with Crippen LogP contribution in [0.1, 0.15) is 5.56 Å². The summed E-state index contributed by atoms with van der Waals surface area (Å²) in [5.74, 6) is 6.26. The van der Waals surface area contributed by atoms with Crippen molar-refractivity contribution in [2.24, 2.45) is 5.84 Å². The molecule has 1 heterocycles. The van der Waals surface area contributed by atoms with Crippen molar-refractivity contribution in [2.45, 2.75) is 13.0 Å². The summed E-state index contributed by atoms with van der Waals surface area (Å²) in [6, 6.07) is 18.5. The molecule has 19 heavy (non-hydrogen) atoms. The SMILES string of the molecule is NNc1nc2ccccc2n1CCc1ccccc1. The standard InChI is InChI=1S/C15H16N4/c16-18-15-17-13-8-4-5-9-14(13)19(15)11-10-12-6-2-1-3-7-12/h1-9H,10-11,16H2,(H,17,18). The summed E-state index contributed by atoms with van der Waals surface area (Å²) < 4.78 is 2.11. The minimum atomic E-state index is 0.706. The number of nitrogens with zero attached hydrogens (tertiary/aromatic N) is 2. The van der Waals surface area contributed by atoms with Crippen LogP contribution in [0.3, 0.4) is 0 Å². The minimum Gasteiger partial charge on any atom is -0.309 e. The number of nitrogens with two attached hydrogens (primary N) is 1. The molecule has 96 valence electrons. The van der Waals surface area contributed by atoms with Crippen molar-refractivity contribution < 1.29 is 0 Å². The van der Waals surface area contributed by atoms with E-state index in [0.29, 0.717) is 5.95 Å². The maximum absolute atomic E-state index is 5.55. The first-order chi connectivity index (χ1) is 9.38. The Kier molecular flexibility index (Phi) is 3.16. The Morgan fingerprint density at radius 3 is 2.53 bits per heavy atom. The fraction of sp³-hybridized carbons (Fsp3) is 0.133. The average molecular weight is 252 g/mol. The molecule has 0 spiro atoms. The molecule has 0 radical (unpaired) electrons. The number of rotatable bonds is 4. The molecule has 1 aromatic heterocycles. The summed E-state index contributed by atoms with van der Waals surface area (Å²) >= 11 is 0. The lowest BCUT2D eigenvalue weighted by Gasteiger charge is -2.08. The van der Waals surface area contributed by atoms with Gasteiger partial charge in [-0.15, -0.1) is 0 Å². The van der Waals surface area contributed by atoms with Crippen molar-refractivity contribution >= 4 is 17.0 Å². The number of imidazole rings is 1. The van der Waals surface area contributed by atoms with Crippen LogP contribution in [0.15, 0.2) is 54.6 Å². The zero-order valence-electron chi connectivity index (χ0n) is 10.6. The first-order valence-electron chi connectivity index (χ1n) is 6.34. The van der Waals surface area contributed by atoms with Crippen molar-refractivity contribution in [1.29, 1.82) is 0 Å². The molecule has 0 bridgehead atoms. The number of aromatic nitrogens is 2. The minimum absolute atomic E-state index is 0.706.